The molecule has 30 heavy (non-hydrogen) atoms. The first-order chi connectivity index (χ1) is 14.6. The molecule has 0 unspecified atom stereocenters. The van der Waals surface area contributed by atoms with E-state index in [4.69, 9.17) is 0 Å². The van der Waals surface area contributed by atoms with Crippen molar-refractivity contribution in [1.82, 2.24) is 0 Å². The maximum atomic E-state index is 2.35. The topological polar surface area (TPSA) is 0 Å². The Morgan fingerprint density at radius 1 is 0.567 bits per heavy atom. The van der Waals surface area contributed by atoms with Gasteiger partial charge in [-0.05, 0) is 95.5 Å². The molecule has 4 aromatic rings. The molecule has 0 saturated carbocycles. The molecule has 0 aromatic heterocycles. The zero-order valence-electron chi connectivity index (χ0n) is 19.2. The molecular weight excluding hydrogens is 360 g/mol. The predicted octanol–water partition coefficient (Wildman–Crippen LogP) is 8.98. The summed E-state index contributed by atoms with van der Waals surface area (Å²) in [6.07, 6.45) is 7.76. The Hall–Kier alpha value is -2.60. The predicted molar refractivity (Wildman–Crippen MR) is 135 cm³/mol. The summed E-state index contributed by atoms with van der Waals surface area (Å²) in [5, 5.41) is 5.25. The largest absolute Gasteiger partial charge is 0.0654 e. The van der Waals surface area contributed by atoms with Crippen LogP contribution in [0.3, 0.4) is 0 Å². The Morgan fingerprint density at radius 3 is 1.50 bits per heavy atom. The van der Waals surface area contributed by atoms with Crippen LogP contribution in [0.2, 0.25) is 0 Å². The fraction of sp³-hybridized carbons (Fsp3) is 0.333. The van der Waals surface area contributed by atoms with Crippen molar-refractivity contribution in [3.8, 4) is 0 Å². The summed E-state index contributed by atoms with van der Waals surface area (Å²) < 4.78 is 0. The summed E-state index contributed by atoms with van der Waals surface area (Å²) in [4.78, 5) is 0. The smallest absolute Gasteiger partial charge is 0.0178 e. The first-order valence-corrected chi connectivity index (χ1v) is 11.6. The van der Waals surface area contributed by atoms with Crippen molar-refractivity contribution in [1.29, 1.82) is 0 Å². The van der Waals surface area contributed by atoms with Gasteiger partial charge in [0.2, 0.25) is 0 Å². The van der Waals surface area contributed by atoms with Crippen LogP contribution < -0.4 is 0 Å². The lowest BCUT2D eigenvalue weighted by atomic mass is 9.91. The molecule has 0 heteroatoms. The average Bonchev–Trinajstić information content (AvgIpc) is 2.78. The maximum Gasteiger partial charge on any atom is -0.0178 e. The van der Waals surface area contributed by atoms with E-state index in [1.54, 1.807) is 11.1 Å². The van der Waals surface area contributed by atoms with Gasteiger partial charge in [0.1, 0.15) is 0 Å². The van der Waals surface area contributed by atoms with E-state index in [1.165, 1.54) is 71.2 Å². The molecule has 0 atom stereocenters. The van der Waals surface area contributed by atoms with E-state index < -0.39 is 0 Å². The molecule has 0 aliphatic rings. The minimum absolute atomic E-state index is 1.26. The van der Waals surface area contributed by atoms with Crippen molar-refractivity contribution >= 4 is 21.5 Å². The summed E-state index contributed by atoms with van der Waals surface area (Å²) in [5.41, 5.74) is 6.21. The molecular formula is C30H36. The number of benzene rings is 4. The van der Waals surface area contributed by atoms with E-state index in [0.29, 0.717) is 0 Å². The number of unbranched alkanes of at least 4 members (excludes halogenated alkanes) is 2. The fourth-order valence-electron chi connectivity index (χ4n) is 4.12. The number of hydrogen-bond donors (Lipinski definition) is 0. The quantitative estimate of drug-likeness (QED) is 0.285. The van der Waals surface area contributed by atoms with Gasteiger partial charge in [-0.25, -0.2) is 0 Å². The monoisotopic (exact) mass is 396 g/mol. The molecule has 0 saturated heterocycles. The van der Waals surface area contributed by atoms with E-state index >= 15 is 0 Å². The molecule has 0 radical (unpaired) electrons. The van der Waals surface area contributed by atoms with Crippen LogP contribution in [0.15, 0.2) is 72.8 Å². The van der Waals surface area contributed by atoms with Gasteiger partial charge in [0.25, 0.3) is 0 Å². The minimum Gasteiger partial charge on any atom is -0.0654 e. The second-order valence-electron chi connectivity index (χ2n) is 8.40. The molecule has 156 valence electrons. The van der Waals surface area contributed by atoms with Crippen LogP contribution in [-0.2, 0) is 12.8 Å². The first kappa shape index (κ1) is 22.1. The number of hydrogen-bond acceptors (Lipinski definition) is 0. The van der Waals surface area contributed by atoms with E-state index in [2.05, 4.69) is 100 Å². The lowest BCUT2D eigenvalue weighted by molar-refractivity contribution is 0.753. The number of fused-ring (bicyclic) bond motifs is 2. The van der Waals surface area contributed by atoms with Crippen LogP contribution >= 0.6 is 0 Å². The molecule has 0 amide bonds. The van der Waals surface area contributed by atoms with E-state index in [1.807, 2.05) is 0 Å². The standard InChI is InChI=1S/C16H26.C14H10/c1-5-7-9-15-12-11-13(3)14(4)16(15)10-8-6-2;1-2-6-12-10-14-8-4-3-7-13(14)9-11(12)5-1/h11-12H,5-10H2,1-4H3;1-10H. The molecule has 0 N–H and O–H groups in total. The fourth-order valence-corrected chi connectivity index (χ4v) is 4.12. The van der Waals surface area contributed by atoms with Crippen molar-refractivity contribution in [2.75, 3.05) is 0 Å². The Kier molecular flexibility index (Phi) is 8.08. The van der Waals surface area contributed by atoms with Crippen molar-refractivity contribution in [2.24, 2.45) is 0 Å². The highest BCUT2D eigenvalue weighted by molar-refractivity contribution is 5.98. The molecule has 0 aliphatic heterocycles. The molecule has 4 aromatic carbocycles. The van der Waals surface area contributed by atoms with Gasteiger partial charge in [-0.15, -0.1) is 0 Å². The highest BCUT2D eigenvalue weighted by atomic mass is 14.1. The van der Waals surface area contributed by atoms with Crippen LogP contribution in [0.1, 0.15) is 61.8 Å². The zero-order chi connectivity index (χ0) is 21.3. The molecule has 0 nitrogen and oxygen atoms in total. The Balaban J connectivity index is 0.000000171. The van der Waals surface area contributed by atoms with Crippen molar-refractivity contribution < 1.29 is 0 Å². The first-order valence-electron chi connectivity index (χ1n) is 11.6. The summed E-state index contributed by atoms with van der Waals surface area (Å²) in [5.74, 6) is 0. The summed E-state index contributed by atoms with van der Waals surface area (Å²) in [7, 11) is 0. The van der Waals surface area contributed by atoms with Gasteiger partial charge in [0.15, 0.2) is 0 Å². The normalized spacial score (nSPS) is 10.8. The third-order valence-electron chi connectivity index (χ3n) is 6.16. The molecule has 0 heterocycles. The third kappa shape index (κ3) is 5.51. The Bertz CT molecular complexity index is 983. The van der Waals surface area contributed by atoms with Gasteiger partial charge >= 0.3 is 0 Å². The Labute approximate surface area is 183 Å². The van der Waals surface area contributed by atoms with Crippen LogP contribution in [0.4, 0.5) is 0 Å². The second-order valence-corrected chi connectivity index (χ2v) is 8.40. The summed E-state index contributed by atoms with van der Waals surface area (Å²) >= 11 is 0. The van der Waals surface area contributed by atoms with Gasteiger partial charge in [-0.2, -0.15) is 0 Å². The van der Waals surface area contributed by atoms with Gasteiger partial charge in [-0.3, -0.25) is 0 Å². The minimum atomic E-state index is 1.26. The van der Waals surface area contributed by atoms with Gasteiger partial charge in [-0.1, -0.05) is 87.4 Å². The lowest BCUT2D eigenvalue weighted by Gasteiger charge is -2.14. The molecule has 4 rings (SSSR count). The van der Waals surface area contributed by atoms with Gasteiger partial charge < -0.3 is 0 Å². The van der Waals surface area contributed by atoms with E-state index in [9.17, 15) is 0 Å². The maximum absolute atomic E-state index is 2.35. The third-order valence-corrected chi connectivity index (χ3v) is 6.16. The van der Waals surface area contributed by atoms with Crippen molar-refractivity contribution in [3.63, 3.8) is 0 Å². The van der Waals surface area contributed by atoms with E-state index in [-0.39, 0.29) is 0 Å². The van der Waals surface area contributed by atoms with Crippen LogP contribution in [0, 0.1) is 13.8 Å². The average molecular weight is 397 g/mol. The summed E-state index contributed by atoms with van der Waals surface area (Å²) in [6.45, 7) is 9.06. The van der Waals surface area contributed by atoms with Gasteiger partial charge in [0.05, 0.1) is 0 Å². The van der Waals surface area contributed by atoms with Crippen molar-refractivity contribution in [2.45, 2.75) is 66.2 Å². The van der Waals surface area contributed by atoms with E-state index in [0.717, 1.165) is 0 Å². The lowest BCUT2D eigenvalue weighted by Crippen LogP contribution is -2.00. The molecule has 0 aliphatic carbocycles. The molecule has 0 spiro atoms. The van der Waals surface area contributed by atoms with Gasteiger partial charge in [0, 0.05) is 0 Å². The van der Waals surface area contributed by atoms with Crippen LogP contribution in [0.5, 0.6) is 0 Å². The second kappa shape index (κ2) is 11.0. The van der Waals surface area contributed by atoms with Crippen LogP contribution in [-0.4, -0.2) is 0 Å². The zero-order valence-corrected chi connectivity index (χ0v) is 19.2. The molecule has 0 bridgehead atoms. The Morgan fingerprint density at radius 2 is 1.03 bits per heavy atom. The SMILES string of the molecule is CCCCc1ccc(C)c(C)c1CCCC.c1ccc2cc3ccccc3cc2c1. The number of rotatable bonds is 6. The molecule has 0 fully saturated rings. The highest BCUT2D eigenvalue weighted by Crippen LogP contribution is 2.23. The number of aryl methyl sites for hydroxylation is 2. The van der Waals surface area contributed by atoms with Crippen LogP contribution in [0.25, 0.3) is 21.5 Å². The highest BCUT2D eigenvalue weighted by Gasteiger charge is 2.07. The van der Waals surface area contributed by atoms with Crippen molar-refractivity contribution in [3.05, 3.63) is 95.1 Å². The summed E-state index contributed by atoms with van der Waals surface area (Å²) in [6, 6.07) is 26.1.